The van der Waals surface area contributed by atoms with Crippen molar-refractivity contribution in [2.75, 3.05) is 13.7 Å². The number of benzene rings is 1. The van der Waals surface area contributed by atoms with Crippen LogP contribution >= 0.6 is 0 Å². The first-order valence-electron chi connectivity index (χ1n) is 4.62. The Morgan fingerprint density at radius 3 is 2.77 bits per heavy atom. The van der Waals surface area contributed by atoms with Crippen molar-refractivity contribution in [1.82, 2.24) is 0 Å². The zero-order valence-electron chi connectivity index (χ0n) is 8.34. The molecule has 1 aromatic carbocycles. The highest BCUT2D eigenvalue weighted by atomic mass is 16.5. The summed E-state index contributed by atoms with van der Waals surface area (Å²) in [5.74, 6) is 1.01. The summed E-state index contributed by atoms with van der Waals surface area (Å²) in [6.45, 7) is 2.79. The van der Waals surface area contributed by atoms with Crippen LogP contribution in [0.1, 0.15) is 17.5 Å². The summed E-state index contributed by atoms with van der Waals surface area (Å²) in [5.41, 5.74) is 7.91. The van der Waals surface area contributed by atoms with Crippen LogP contribution in [0.2, 0.25) is 0 Å². The Balaban J connectivity index is 2.85. The highest BCUT2D eigenvalue weighted by molar-refractivity contribution is 5.40. The highest BCUT2D eigenvalue weighted by Gasteiger charge is 2.03. The molecule has 0 aliphatic carbocycles. The van der Waals surface area contributed by atoms with E-state index in [9.17, 15) is 0 Å². The molecule has 2 nitrogen and oxygen atoms in total. The molecule has 0 spiro atoms. The summed E-state index contributed by atoms with van der Waals surface area (Å²) in [4.78, 5) is 0. The predicted octanol–water partition coefficient (Wildman–Crippen LogP) is 1.89. The highest BCUT2D eigenvalue weighted by Crippen LogP contribution is 2.23. The molecule has 1 rings (SSSR count). The number of methoxy groups -OCH3 is 1. The molecule has 0 radical (unpaired) electrons. The van der Waals surface area contributed by atoms with Crippen molar-refractivity contribution in [2.45, 2.75) is 19.8 Å². The van der Waals surface area contributed by atoms with Crippen LogP contribution in [0.5, 0.6) is 5.75 Å². The van der Waals surface area contributed by atoms with E-state index in [1.54, 1.807) is 7.11 Å². The molecule has 0 atom stereocenters. The average Bonchev–Trinajstić information content (AvgIpc) is 2.15. The first-order valence-corrected chi connectivity index (χ1v) is 4.62. The fraction of sp³-hybridized carbons (Fsp3) is 0.455. The van der Waals surface area contributed by atoms with Crippen LogP contribution in [0.15, 0.2) is 18.2 Å². The molecule has 13 heavy (non-hydrogen) atoms. The number of hydrogen-bond acceptors (Lipinski definition) is 2. The van der Waals surface area contributed by atoms with Crippen molar-refractivity contribution in [1.29, 1.82) is 0 Å². The van der Waals surface area contributed by atoms with Gasteiger partial charge in [0.05, 0.1) is 7.11 Å². The third-order valence-electron chi connectivity index (χ3n) is 2.15. The molecule has 72 valence electrons. The average molecular weight is 179 g/mol. The van der Waals surface area contributed by atoms with Crippen molar-refractivity contribution in [2.24, 2.45) is 5.73 Å². The van der Waals surface area contributed by atoms with E-state index in [0.29, 0.717) is 0 Å². The minimum absolute atomic E-state index is 0.733. The molecule has 2 heteroatoms. The van der Waals surface area contributed by atoms with E-state index in [-0.39, 0.29) is 0 Å². The van der Waals surface area contributed by atoms with Gasteiger partial charge in [0.25, 0.3) is 0 Å². The van der Waals surface area contributed by atoms with Crippen molar-refractivity contribution in [3.05, 3.63) is 29.3 Å². The summed E-state index contributed by atoms with van der Waals surface area (Å²) in [6, 6.07) is 6.22. The summed E-state index contributed by atoms with van der Waals surface area (Å²) < 4.78 is 5.33. The zero-order chi connectivity index (χ0) is 9.68. The van der Waals surface area contributed by atoms with Gasteiger partial charge in [-0.05, 0) is 37.4 Å². The summed E-state index contributed by atoms with van der Waals surface area (Å²) in [7, 11) is 1.72. The van der Waals surface area contributed by atoms with E-state index in [4.69, 9.17) is 10.5 Å². The molecule has 0 saturated carbocycles. The lowest BCUT2D eigenvalue weighted by Gasteiger charge is -2.10. The van der Waals surface area contributed by atoms with Gasteiger partial charge in [0.1, 0.15) is 5.75 Å². The monoisotopic (exact) mass is 179 g/mol. The number of rotatable bonds is 4. The van der Waals surface area contributed by atoms with E-state index < -0.39 is 0 Å². The van der Waals surface area contributed by atoms with E-state index in [0.717, 1.165) is 25.1 Å². The Labute approximate surface area is 79.7 Å². The van der Waals surface area contributed by atoms with Gasteiger partial charge in [-0.25, -0.2) is 0 Å². The Hall–Kier alpha value is -1.02. The van der Waals surface area contributed by atoms with Gasteiger partial charge < -0.3 is 10.5 Å². The quantitative estimate of drug-likeness (QED) is 0.766. The third kappa shape index (κ3) is 2.46. The largest absolute Gasteiger partial charge is 0.496 e. The summed E-state index contributed by atoms with van der Waals surface area (Å²) in [6.07, 6.45) is 2.02. The van der Waals surface area contributed by atoms with Gasteiger partial charge in [-0.3, -0.25) is 0 Å². The fourth-order valence-corrected chi connectivity index (χ4v) is 1.49. The van der Waals surface area contributed by atoms with Gasteiger partial charge in [-0.2, -0.15) is 0 Å². The first-order chi connectivity index (χ1) is 6.29. The van der Waals surface area contributed by atoms with Crippen molar-refractivity contribution >= 4 is 0 Å². The van der Waals surface area contributed by atoms with Gasteiger partial charge >= 0.3 is 0 Å². The summed E-state index contributed by atoms with van der Waals surface area (Å²) >= 11 is 0. The Morgan fingerprint density at radius 2 is 2.15 bits per heavy atom. The van der Waals surface area contributed by atoms with Gasteiger partial charge in [0.15, 0.2) is 0 Å². The molecule has 0 heterocycles. The maximum Gasteiger partial charge on any atom is 0.124 e. The minimum Gasteiger partial charge on any atom is -0.496 e. The second kappa shape index (κ2) is 4.87. The minimum atomic E-state index is 0.733. The second-order valence-electron chi connectivity index (χ2n) is 3.16. The fourth-order valence-electron chi connectivity index (χ4n) is 1.49. The molecule has 0 saturated heterocycles. The normalized spacial score (nSPS) is 10.1. The van der Waals surface area contributed by atoms with Gasteiger partial charge in [0.2, 0.25) is 0 Å². The number of hydrogen-bond donors (Lipinski definition) is 1. The Morgan fingerprint density at radius 1 is 1.38 bits per heavy atom. The molecule has 0 amide bonds. The predicted molar refractivity (Wildman–Crippen MR) is 55.1 cm³/mol. The van der Waals surface area contributed by atoms with Crippen molar-refractivity contribution in [3.8, 4) is 5.75 Å². The molecule has 0 fully saturated rings. The summed E-state index contributed by atoms with van der Waals surface area (Å²) in [5, 5.41) is 0. The van der Waals surface area contributed by atoms with Crippen LogP contribution in [-0.2, 0) is 6.42 Å². The Kier molecular flexibility index (Phi) is 3.77. The standard InChI is InChI=1S/C11H17NO/c1-9-5-3-6-10(7-4-8-12)11(9)13-2/h3,5-6H,4,7-8,12H2,1-2H3. The van der Waals surface area contributed by atoms with E-state index in [1.165, 1.54) is 11.1 Å². The molecule has 1 aromatic rings. The van der Waals surface area contributed by atoms with Crippen LogP contribution < -0.4 is 10.5 Å². The van der Waals surface area contributed by atoms with Crippen LogP contribution in [0.3, 0.4) is 0 Å². The third-order valence-corrected chi connectivity index (χ3v) is 2.15. The lowest BCUT2D eigenvalue weighted by Crippen LogP contribution is -2.02. The van der Waals surface area contributed by atoms with E-state index in [2.05, 4.69) is 25.1 Å². The molecule has 0 aromatic heterocycles. The molecular formula is C11H17NO. The van der Waals surface area contributed by atoms with Gasteiger partial charge in [0, 0.05) is 0 Å². The van der Waals surface area contributed by atoms with Crippen LogP contribution in [-0.4, -0.2) is 13.7 Å². The SMILES string of the molecule is COc1c(C)cccc1CCCN. The zero-order valence-corrected chi connectivity index (χ0v) is 8.34. The molecule has 0 bridgehead atoms. The van der Waals surface area contributed by atoms with E-state index in [1.807, 2.05) is 0 Å². The number of ether oxygens (including phenoxy) is 1. The van der Waals surface area contributed by atoms with Gasteiger partial charge in [-0.1, -0.05) is 18.2 Å². The molecular weight excluding hydrogens is 162 g/mol. The number of para-hydroxylation sites is 1. The van der Waals surface area contributed by atoms with Crippen molar-refractivity contribution in [3.63, 3.8) is 0 Å². The van der Waals surface area contributed by atoms with Crippen LogP contribution in [0.25, 0.3) is 0 Å². The van der Waals surface area contributed by atoms with E-state index >= 15 is 0 Å². The topological polar surface area (TPSA) is 35.2 Å². The maximum absolute atomic E-state index is 5.47. The smallest absolute Gasteiger partial charge is 0.124 e. The lowest BCUT2D eigenvalue weighted by atomic mass is 10.1. The molecule has 0 unspecified atom stereocenters. The Bertz CT molecular complexity index is 271. The van der Waals surface area contributed by atoms with Crippen molar-refractivity contribution < 1.29 is 4.74 Å². The molecule has 2 N–H and O–H groups in total. The van der Waals surface area contributed by atoms with Crippen LogP contribution in [0, 0.1) is 6.92 Å². The molecule has 0 aliphatic rings. The second-order valence-corrected chi connectivity index (χ2v) is 3.16. The van der Waals surface area contributed by atoms with Crippen LogP contribution in [0.4, 0.5) is 0 Å². The number of aryl methyl sites for hydroxylation is 2. The van der Waals surface area contributed by atoms with Gasteiger partial charge in [-0.15, -0.1) is 0 Å². The first kappa shape index (κ1) is 10.1. The lowest BCUT2D eigenvalue weighted by molar-refractivity contribution is 0.406. The maximum atomic E-state index is 5.47. The number of nitrogens with two attached hydrogens (primary N) is 1. The molecule has 0 aliphatic heterocycles.